The molecule has 0 aromatic carbocycles. The van der Waals surface area contributed by atoms with E-state index in [4.69, 9.17) is 5.73 Å². The summed E-state index contributed by atoms with van der Waals surface area (Å²) >= 11 is 1.43. The molecule has 0 unspecified atom stereocenters. The smallest absolute Gasteiger partial charge is 0.242 e. The third kappa shape index (κ3) is 2.91. The molecule has 4 N–H and O–H groups in total. The highest BCUT2D eigenvalue weighted by Gasteiger charge is 2.15. The zero-order valence-electron chi connectivity index (χ0n) is 8.88. The van der Waals surface area contributed by atoms with Crippen LogP contribution in [-0.2, 0) is 23.1 Å². The number of hydrogen-bond donors (Lipinski definition) is 3. The van der Waals surface area contributed by atoms with Crippen LogP contribution in [0.3, 0.4) is 0 Å². The minimum Gasteiger partial charge on any atom is -0.363 e. The Morgan fingerprint density at radius 1 is 1.53 bits per heavy atom. The van der Waals surface area contributed by atoms with Crippen LogP contribution in [0.1, 0.15) is 11.4 Å². The zero-order chi connectivity index (χ0) is 12.3. The van der Waals surface area contributed by atoms with Crippen molar-refractivity contribution in [2.24, 2.45) is 5.73 Å². The highest BCUT2D eigenvalue weighted by molar-refractivity contribution is 7.89. The van der Waals surface area contributed by atoms with Gasteiger partial charge in [0.2, 0.25) is 10.0 Å². The van der Waals surface area contributed by atoms with Gasteiger partial charge in [-0.15, -0.1) is 11.3 Å². The number of aromatic amines is 1. The Kier molecular flexibility index (Phi) is 3.57. The Balaban J connectivity index is 2.08. The van der Waals surface area contributed by atoms with Gasteiger partial charge in [0.05, 0.1) is 22.6 Å². The minimum atomic E-state index is -3.50. The summed E-state index contributed by atoms with van der Waals surface area (Å²) in [6.07, 6.45) is 1.42. The van der Waals surface area contributed by atoms with Gasteiger partial charge in [-0.3, -0.25) is 0 Å². The number of nitrogens with two attached hydrogens (primary N) is 1. The Morgan fingerprint density at radius 2 is 2.35 bits per heavy atom. The normalized spacial score (nSPS) is 11.8. The average molecular weight is 272 g/mol. The van der Waals surface area contributed by atoms with E-state index < -0.39 is 10.0 Å². The lowest BCUT2D eigenvalue weighted by molar-refractivity contribution is 0.581. The number of nitrogens with zero attached hydrogens (tertiary/aromatic N) is 1. The largest absolute Gasteiger partial charge is 0.363 e. The highest BCUT2D eigenvalue weighted by Crippen LogP contribution is 2.11. The fourth-order valence-electron chi connectivity index (χ4n) is 1.27. The molecule has 8 heteroatoms. The van der Waals surface area contributed by atoms with Gasteiger partial charge in [-0.05, 0) is 6.07 Å². The SMILES string of the molecule is NCc1cc(S(=O)(=O)NCc2cscn2)c[nH]1. The molecule has 0 spiro atoms. The van der Waals surface area contributed by atoms with Gasteiger partial charge in [-0.1, -0.05) is 0 Å². The third-order valence-electron chi connectivity index (χ3n) is 2.17. The monoisotopic (exact) mass is 272 g/mol. The van der Waals surface area contributed by atoms with Crippen LogP contribution in [-0.4, -0.2) is 18.4 Å². The number of sulfonamides is 1. The van der Waals surface area contributed by atoms with E-state index in [0.717, 1.165) is 0 Å². The van der Waals surface area contributed by atoms with E-state index in [1.807, 2.05) is 0 Å². The van der Waals surface area contributed by atoms with Crippen molar-refractivity contribution in [2.75, 3.05) is 0 Å². The van der Waals surface area contributed by atoms with E-state index in [0.29, 0.717) is 11.4 Å². The molecule has 0 amide bonds. The van der Waals surface area contributed by atoms with E-state index in [2.05, 4.69) is 14.7 Å². The first-order valence-corrected chi connectivity index (χ1v) is 7.28. The van der Waals surface area contributed by atoms with Crippen LogP contribution in [0, 0.1) is 0 Å². The fraction of sp³-hybridized carbons (Fsp3) is 0.222. The molecule has 2 aromatic heterocycles. The number of rotatable bonds is 5. The first-order valence-electron chi connectivity index (χ1n) is 4.86. The predicted molar refractivity (Wildman–Crippen MR) is 64.8 cm³/mol. The first kappa shape index (κ1) is 12.2. The van der Waals surface area contributed by atoms with Gasteiger partial charge in [-0.2, -0.15) is 0 Å². The summed E-state index contributed by atoms with van der Waals surface area (Å²) in [5, 5.41) is 1.80. The minimum absolute atomic E-state index is 0.188. The molecule has 2 rings (SSSR count). The number of aromatic nitrogens is 2. The second-order valence-electron chi connectivity index (χ2n) is 3.37. The maximum Gasteiger partial charge on any atom is 0.242 e. The van der Waals surface area contributed by atoms with Crippen molar-refractivity contribution in [3.8, 4) is 0 Å². The van der Waals surface area contributed by atoms with E-state index >= 15 is 0 Å². The molecule has 0 bridgehead atoms. The van der Waals surface area contributed by atoms with Crippen LogP contribution in [0.2, 0.25) is 0 Å². The van der Waals surface area contributed by atoms with Crippen molar-refractivity contribution in [2.45, 2.75) is 18.0 Å². The van der Waals surface area contributed by atoms with Crippen molar-refractivity contribution in [1.29, 1.82) is 0 Å². The summed E-state index contributed by atoms with van der Waals surface area (Å²) in [4.78, 5) is 6.98. The van der Waals surface area contributed by atoms with Crippen LogP contribution in [0.25, 0.3) is 0 Å². The Labute approximate surface area is 103 Å². The van der Waals surface area contributed by atoms with Crippen LogP contribution in [0.5, 0.6) is 0 Å². The standard InChI is InChI=1S/C9H12N4O2S2/c10-2-7-1-9(4-11-7)17(14,15)13-3-8-5-16-6-12-8/h1,4-6,11,13H,2-3,10H2. The molecule has 0 aliphatic heterocycles. The number of hydrogen-bond acceptors (Lipinski definition) is 5. The summed E-state index contributed by atoms with van der Waals surface area (Å²) in [6.45, 7) is 0.469. The molecule has 0 atom stereocenters. The topological polar surface area (TPSA) is 101 Å². The Bertz CT molecular complexity index is 574. The molecule has 0 aliphatic rings. The molecule has 0 fully saturated rings. The molecular weight excluding hydrogens is 260 g/mol. The fourth-order valence-corrected chi connectivity index (χ4v) is 2.84. The number of thiazole rings is 1. The molecule has 92 valence electrons. The molecule has 17 heavy (non-hydrogen) atoms. The number of nitrogens with one attached hydrogen (secondary N) is 2. The molecular formula is C9H12N4O2S2. The summed E-state index contributed by atoms with van der Waals surface area (Å²) < 4.78 is 26.2. The quantitative estimate of drug-likeness (QED) is 0.733. The van der Waals surface area contributed by atoms with Crippen molar-refractivity contribution in [3.05, 3.63) is 34.5 Å². The Morgan fingerprint density at radius 3 is 2.94 bits per heavy atom. The molecule has 0 radical (unpaired) electrons. The van der Waals surface area contributed by atoms with Crippen LogP contribution < -0.4 is 10.5 Å². The van der Waals surface area contributed by atoms with Crippen molar-refractivity contribution in [1.82, 2.24) is 14.7 Å². The molecule has 2 heterocycles. The lowest BCUT2D eigenvalue weighted by Crippen LogP contribution is -2.22. The van der Waals surface area contributed by atoms with E-state index in [1.54, 1.807) is 10.9 Å². The van der Waals surface area contributed by atoms with Gasteiger partial charge in [0, 0.05) is 23.8 Å². The van der Waals surface area contributed by atoms with E-state index in [-0.39, 0.29) is 18.0 Å². The lowest BCUT2D eigenvalue weighted by Gasteiger charge is -2.02. The number of H-pyrrole nitrogens is 1. The van der Waals surface area contributed by atoms with Gasteiger partial charge < -0.3 is 10.7 Å². The lowest BCUT2D eigenvalue weighted by atomic mass is 10.4. The van der Waals surface area contributed by atoms with E-state index in [9.17, 15) is 8.42 Å². The molecule has 0 saturated heterocycles. The van der Waals surface area contributed by atoms with Crippen molar-refractivity contribution < 1.29 is 8.42 Å². The second-order valence-corrected chi connectivity index (χ2v) is 5.85. The molecule has 2 aromatic rings. The Hall–Kier alpha value is -1.22. The van der Waals surface area contributed by atoms with Gasteiger partial charge in [0.1, 0.15) is 0 Å². The summed E-state index contributed by atoms with van der Waals surface area (Å²) in [7, 11) is -3.50. The van der Waals surface area contributed by atoms with Crippen LogP contribution in [0.4, 0.5) is 0 Å². The average Bonchev–Trinajstić information content (AvgIpc) is 2.98. The van der Waals surface area contributed by atoms with Gasteiger partial charge in [-0.25, -0.2) is 18.1 Å². The van der Waals surface area contributed by atoms with Crippen molar-refractivity contribution >= 4 is 21.4 Å². The molecule has 0 saturated carbocycles. The highest BCUT2D eigenvalue weighted by atomic mass is 32.2. The molecule has 0 aliphatic carbocycles. The zero-order valence-corrected chi connectivity index (χ0v) is 10.5. The maximum atomic E-state index is 11.9. The van der Waals surface area contributed by atoms with Gasteiger partial charge >= 0.3 is 0 Å². The summed E-state index contributed by atoms with van der Waals surface area (Å²) in [5.74, 6) is 0. The molecule has 6 nitrogen and oxygen atoms in total. The second kappa shape index (κ2) is 4.96. The van der Waals surface area contributed by atoms with Crippen LogP contribution >= 0.6 is 11.3 Å². The predicted octanol–water partition coefficient (Wildman–Crippen LogP) is 0.408. The third-order valence-corrected chi connectivity index (χ3v) is 4.19. The maximum absolute atomic E-state index is 11.9. The first-order chi connectivity index (χ1) is 8.12. The van der Waals surface area contributed by atoms with Crippen molar-refractivity contribution in [3.63, 3.8) is 0 Å². The summed E-state index contributed by atoms with van der Waals surface area (Å²) in [6, 6.07) is 1.52. The summed E-state index contributed by atoms with van der Waals surface area (Å²) in [5.41, 5.74) is 8.44. The van der Waals surface area contributed by atoms with Gasteiger partial charge in [0.25, 0.3) is 0 Å². The van der Waals surface area contributed by atoms with Crippen LogP contribution in [0.15, 0.2) is 28.0 Å². The van der Waals surface area contributed by atoms with E-state index in [1.165, 1.54) is 23.6 Å². The van der Waals surface area contributed by atoms with Gasteiger partial charge in [0.15, 0.2) is 0 Å².